The van der Waals surface area contributed by atoms with E-state index in [-0.39, 0.29) is 5.91 Å². The molecule has 0 radical (unpaired) electrons. The van der Waals surface area contributed by atoms with Gasteiger partial charge in [0.05, 0.1) is 6.54 Å². The van der Waals surface area contributed by atoms with Crippen LogP contribution < -0.4 is 14.8 Å². The van der Waals surface area contributed by atoms with Gasteiger partial charge < -0.3 is 14.8 Å². The second-order valence-electron chi connectivity index (χ2n) is 5.98. The van der Waals surface area contributed by atoms with E-state index in [2.05, 4.69) is 5.32 Å². The number of rotatable bonds is 7. The minimum absolute atomic E-state index is 0.150. The molecule has 0 aliphatic heterocycles. The van der Waals surface area contributed by atoms with Crippen LogP contribution >= 0.6 is 0 Å². The van der Waals surface area contributed by atoms with Crippen molar-refractivity contribution in [2.45, 2.75) is 33.8 Å². The van der Waals surface area contributed by atoms with Crippen molar-refractivity contribution in [2.75, 3.05) is 13.2 Å². The van der Waals surface area contributed by atoms with Crippen molar-refractivity contribution < 1.29 is 14.3 Å². The van der Waals surface area contributed by atoms with Gasteiger partial charge in [-0.25, -0.2) is 0 Å². The van der Waals surface area contributed by atoms with Crippen LogP contribution in [0.3, 0.4) is 0 Å². The van der Waals surface area contributed by atoms with Crippen LogP contribution in [0.25, 0.3) is 0 Å². The van der Waals surface area contributed by atoms with Crippen molar-refractivity contribution >= 4 is 5.91 Å². The van der Waals surface area contributed by atoms with Crippen molar-refractivity contribution in [1.82, 2.24) is 5.32 Å². The monoisotopic (exact) mass is 327 g/mol. The second kappa shape index (κ2) is 8.39. The predicted octanol–water partition coefficient (Wildman–Crippen LogP) is 3.57. The lowest BCUT2D eigenvalue weighted by molar-refractivity contribution is -0.127. The van der Waals surface area contributed by atoms with Gasteiger partial charge in [-0.15, -0.1) is 0 Å². The Morgan fingerprint density at radius 1 is 1.04 bits per heavy atom. The molecule has 0 aliphatic rings. The average Bonchev–Trinajstić information content (AvgIpc) is 2.55. The first-order chi connectivity index (χ1) is 11.5. The van der Waals surface area contributed by atoms with Crippen LogP contribution in [0, 0.1) is 20.8 Å². The highest BCUT2D eigenvalue weighted by molar-refractivity contribution is 5.80. The molecule has 0 unspecified atom stereocenters. The minimum Gasteiger partial charge on any atom is -0.492 e. The summed E-state index contributed by atoms with van der Waals surface area (Å²) in [6.07, 6.45) is -0.550. The first-order valence-corrected chi connectivity index (χ1v) is 8.17. The number of nitrogens with one attached hydrogen (secondary N) is 1. The van der Waals surface area contributed by atoms with E-state index in [1.165, 1.54) is 11.1 Å². The topological polar surface area (TPSA) is 47.6 Å². The standard InChI is InChI=1S/C20H25NO3/c1-14-5-8-18(9-6-14)23-12-11-21-20(22)17(4)24-19-10-7-15(2)13-16(19)3/h5-10,13,17H,11-12H2,1-4H3,(H,21,22)/t17-/m1/s1. The van der Waals surface area contributed by atoms with Crippen molar-refractivity contribution in [3.63, 3.8) is 0 Å². The Hall–Kier alpha value is -2.49. The Bertz CT molecular complexity index is 680. The van der Waals surface area contributed by atoms with Crippen LogP contribution in [-0.2, 0) is 4.79 Å². The van der Waals surface area contributed by atoms with E-state index in [1.807, 2.05) is 63.2 Å². The summed E-state index contributed by atoms with van der Waals surface area (Å²) in [7, 11) is 0. The number of carbonyl (C=O) groups excluding carboxylic acids is 1. The van der Waals surface area contributed by atoms with Crippen molar-refractivity contribution in [2.24, 2.45) is 0 Å². The largest absolute Gasteiger partial charge is 0.492 e. The minimum atomic E-state index is -0.550. The molecule has 2 rings (SSSR count). The maximum Gasteiger partial charge on any atom is 0.260 e. The maximum atomic E-state index is 12.1. The maximum absolute atomic E-state index is 12.1. The summed E-state index contributed by atoms with van der Waals surface area (Å²) < 4.78 is 11.3. The van der Waals surface area contributed by atoms with Gasteiger partial charge in [0.1, 0.15) is 18.1 Å². The molecule has 0 saturated carbocycles. The van der Waals surface area contributed by atoms with Crippen LogP contribution in [0.2, 0.25) is 0 Å². The Labute approximate surface area is 143 Å². The van der Waals surface area contributed by atoms with Crippen LogP contribution in [0.15, 0.2) is 42.5 Å². The van der Waals surface area contributed by atoms with Crippen molar-refractivity contribution in [1.29, 1.82) is 0 Å². The van der Waals surface area contributed by atoms with E-state index in [9.17, 15) is 4.79 Å². The molecule has 2 aromatic rings. The molecule has 0 spiro atoms. The number of ether oxygens (including phenoxy) is 2. The van der Waals surface area contributed by atoms with E-state index in [1.54, 1.807) is 6.92 Å². The summed E-state index contributed by atoms with van der Waals surface area (Å²) in [5, 5.41) is 2.83. The number of hydrogen-bond donors (Lipinski definition) is 1. The van der Waals surface area contributed by atoms with Crippen molar-refractivity contribution in [3.05, 3.63) is 59.2 Å². The molecule has 128 valence electrons. The highest BCUT2D eigenvalue weighted by Crippen LogP contribution is 2.20. The molecule has 1 amide bonds. The molecule has 0 heterocycles. The molecule has 4 heteroatoms. The molecule has 2 aromatic carbocycles. The van der Waals surface area contributed by atoms with E-state index in [0.717, 1.165) is 17.1 Å². The first kappa shape index (κ1) is 17.9. The molecule has 1 atom stereocenters. The van der Waals surface area contributed by atoms with Crippen LogP contribution in [-0.4, -0.2) is 25.2 Å². The Kier molecular flexibility index (Phi) is 6.24. The highest BCUT2D eigenvalue weighted by atomic mass is 16.5. The number of hydrogen-bond acceptors (Lipinski definition) is 3. The van der Waals surface area contributed by atoms with E-state index in [0.29, 0.717) is 13.2 Å². The molecule has 0 bridgehead atoms. The quantitative estimate of drug-likeness (QED) is 0.791. The third-order valence-electron chi connectivity index (χ3n) is 3.69. The summed E-state index contributed by atoms with van der Waals surface area (Å²) in [6, 6.07) is 13.7. The lowest BCUT2D eigenvalue weighted by atomic mass is 10.1. The van der Waals surface area contributed by atoms with Gasteiger partial charge in [0, 0.05) is 0 Å². The second-order valence-corrected chi connectivity index (χ2v) is 5.98. The fourth-order valence-electron chi connectivity index (χ4n) is 2.30. The molecular weight excluding hydrogens is 302 g/mol. The van der Waals surface area contributed by atoms with Gasteiger partial charge in [0.2, 0.25) is 0 Å². The van der Waals surface area contributed by atoms with Crippen LogP contribution in [0.4, 0.5) is 0 Å². The van der Waals surface area contributed by atoms with E-state index < -0.39 is 6.10 Å². The molecule has 4 nitrogen and oxygen atoms in total. The predicted molar refractivity (Wildman–Crippen MR) is 95.7 cm³/mol. The molecular formula is C20H25NO3. The summed E-state index contributed by atoms with van der Waals surface area (Å²) in [4.78, 5) is 12.1. The Morgan fingerprint density at radius 3 is 2.38 bits per heavy atom. The Morgan fingerprint density at radius 2 is 1.71 bits per heavy atom. The lowest BCUT2D eigenvalue weighted by Gasteiger charge is -2.16. The lowest BCUT2D eigenvalue weighted by Crippen LogP contribution is -2.38. The van der Waals surface area contributed by atoms with Gasteiger partial charge in [0.15, 0.2) is 6.10 Å². The molecule has 1 N–H and O–H groups in total. The third-order valence-corrected chi connectivity index (χ3v) is 3.69. The normalized spacial score (nSPS) is 11.7. The number of amides is 1. The van der Waals surface area contributed by atoms with Crippen molar-refractivity contribution in [3.8, 4) is 11.5 Å². The van der Waals surface area contributed by atoms with Gasteiger partial charge in [-0.05, 0) is 51.5 Å². The van der Waals surface area contributed by atoms with E-state index in [4.69, 9.17) is 9.47 Å². The van der Waals surface area contributed by atoms with Crippen LogP contribution in [0.5, 0.6) is 11.5 Å². The van der Waals surface area contributed by atoms with Gasteiger partial charge in [-0.3, -0.25) is 4.79 Å². The summed E-state index contributed by atoms with van der Waals surface area (Å²) >= 11 is 0. The SMILES string of the molecule is Cc1ccc(OCCNC(=O)[C@@H](C)Oc2ccc(C)cc2C)cc1. The number of carbonyl (C=O) groups is 1. The summed E-state index contributed by atoms with van der Waals surface area (Å²) in [6.45, 7) is 8.64. The van der Waals surface area contributed by atoms with Gasteiger partial charge in [-0.1, -0.05) is 35.4 Å². The van der Waals surface area contributed by atoms with Crippen LogP contribution in [0.1, 0.15) is 23.6 Å². The molecule has 0 aliphatic carbocycles. The average molecular weight is 327 g/mol. The van der Waals surface area contributed by atoms with Gasteiger partial charge in [0.25, 0.3) is 5.91 Å². The molecule has 24 heavy (non-hydrogen) atoms. The van der Waals surface area contributed by atoms with E-state index >= 15 is 0 Å². The van der Waals surface area contributed by atoms with Gasteiger partial charge >= 0.3 is 0 Å². The summed E-state index contributed by atoms with van der Waals surface area (Å²) in [5.41, 5.74) is 3.38. The Balaban J connectivity index is 1.74. The zero-order valence-electron chi connectivity index (χ0n) is 14.8. The molecule has 0 fully saturated rings. The highest BCUT2D eigenvalue weighted by Gasteiger charge is 2.15. The molecule has 0 saturated heterocycles. The van der Waals surface area contributed by atoms with Gasteiger partial charge in [-0.2, -0.15) is 0 Å². The fourth-order valence-corrected chi connectivity index (χ4v) is 2.30. The zero-order chi connectivity index (χ0) is 17.5. The molecule has 0 aromatic heterocycles. The zero-order valence-corrected chi connectivity index (χ0v) is 14.8. The third kappa shape index (κ3) is 5.30. The first-order valence-electron chi connectivity index (χ1n) is 8.17. The smallest absolute Gasteiger partial charge is 0.260 e. The number of aryl methyl sites for hydroxylation is 3. The number of benzene rings is 2. The summed E-state index contributed by atoms with van der Waals surface area (Å²) in [5.74, 6) is 1.39. The fraction of sp³-hybridized carbons (Fsp3) is 0.350.